The Balaban J connectivity index is 1.46. The minimum atomic E-state index is -2.87. The third-order valence-electron chi connectivity index (χ3n) is 4.74. The lowest BCUT2D eigenvalue weighted by molar-refractivity contribution is -0.136. The summed E-state index contributed by atoms with van der Waals surface area (Å²) in [6.45, 7) is -2.05. The van der Waals surface area contributed by atoms with Gasteiger partial charge in [-0.15, -0.1) is 0 Å². The van der Waals surface area contributed by atoms with Crippen molar-refractivity contribution in [2.75, 3.05) is 13.6 Å². The van der Waals surface area contributed by atoms with Crippen molar-refractivity contribution in [1.82, 2.24) is 9.91 Å². The quantitative estimate of drug-likeness (QED) is 0.661. The Labute approximate surface area is 173 Å². The lowest BCUT2D eigenvalue weighted by atomic mass is 10.1. The third kappa shape index (κ3) is 5.85. The predicted octanol–water partition coefficient (Wildman–Crippen LogP) is 3.66. The summed E-state index contributed by atoms with van der Waals surface area (Å²) < 4.78 is 28.7. The van der Waals surface area contributed by atoms with E-state index in [0.717, 1.165) is 16.8 Å². The maximum atomic E-state index is 12.4. The lowest BCUT2D eigenvalue weighted by Crippen LogP contribution is -2.29. The fourth-order valence-electron chi connectivity index (χ4n) is 3.14. The van der Waals surface area contributed by atoms with Crippen molar-refractivity contribution in [3.63, 3.8) is 0 Å². The number of hydrogen-bond acceptors (Lipinski definition) is 4. The Bertz CT molecular complexity index is 902. The first-order valence-electron chi connectivity index (χ1n) is 9.63. The molecule has 3 rings (SSSR count). The minimum absolute atomic E-state index is 0.0642. The second kappa shape index (κ2) is 9.96. The summed E-state index contributed by atoms with van der Waals surface area (Å²) in [6, 6.07) is 15.8. The van der Waals surface area contributed by atoms with Gasteiger partial charge in [-0.2, -0.15) is 13.9 Å². The average molecular weight is 415 g/mol. The summed E-state index contributed by atoms with van der Waals surface area (Å²) >= 11 is 0. The molecule has 2 amide bonds. The smallest absolute Gasteiger partial charge is 0.387 e. The monoisotopic (exact) mass is 415 g/mol. The van der Waals surface area contributed by atoms with Gasteiger partial charge < -0.3 is 9.64 Å². The molecule has 2 aromatic carbocycles. The number of halogens is 2. The Morgan fingerprint density at radius 2 is 1.80 bits per heavy atom. The van der Waals surface area contributed by atoms with Gasteiger partial charge in [0.15, 0.2) is 0 Å². The molecule has 6 nitrogen and oxygen atoms in total. The van der Waals surface area contributed by atoms with E-state index in [0.29, 0.717) is 19.5 Å². The van der Waals surface area contributed by atoms with Gasteiger partial charge in [0.1, 0.15) is 5.75 Å². The number of nitrogens with zero attached hydrogens (tertiary/aromatic N) is 3. The predicted molar refractivity (Wildman–Crippen MR) is 108 cm³/mol. The van der Waals surface area contributed by atoms with Gasteiger partial charge in [-0.3, -0.25) is 9.59 Å². The highest BCUT2D eigenvalue weighted by Crippen LogP contribution is 2.17. The SMILES string of the molecule is CN(Cc1ccc(OC(F)F)cc1)C(=O)CCC(=O)N1CCC(c2ccccc2)=N1. The highest BCUT2D eigenvalue weighted by molar-refractivity contribution is 6.02. The molecule has 0 aliphatic carbocycles. The van der Waals surface area contributed by atoms with Crippen molar-refractivity contribution in [2.24, 2.45) is 5.10 Å². The van der Waals surface area contributed by atoms with E-state index in [2.05, 4.69) is 9.84 Å². The van der Waals surface area contributed by atoms with Crippen molar-refractivity contribution < 1.29 is 23.1 Å². The molecule has 30 heavy (non-hydrogen) atoms. The maximum Gasteiger partial charge on any atom is 0.387 e. The van der Waals surface area contributed by atoms with Crippen LogP contribution in [0.3, 0.4) is 0 Å². The first kappa shape index (κ1) is 21.4. The van der Waals surface area contributed by atoms with E-state index in [-0.39, 0.29) is 30.4 Å². The fraction of sp³-hybridized carbons (Fsp3) is 0.318. The first-order chi connectivity index (χ1) is 14.4. The van der Waals surface area contributed by atoms with E-state index in [1.807, 2.05) is 30.3 Å². The number of benzene rings is 2. The Hall–Kier alpha value is -3.29. The third-order valence-corrected chi connectivity index (χ3v) is 4.74. The Morgan fingerprint density at radius 3 is 2.47 bits per heavy atom. The maximum absolute atomic E-state index is 12.4. The Morgan fingerprint density at radius 1 is 1.10 bits per heavy atom. The van der Waals surface area contributed by atoms with Gasteiger partial charge in [-0.1, -0.05) is 42.5 Å². The van der Waals surface area contributed by atoms with E-state index >= 15 is 0 Å². The molecule has 0 saturated heterocycles. The van der Waals surface area contributed by atoms with Crippen LogP contribution in [0.15, 0.2) is 59.7 Å². The largest absolute Gasteiger partial charge is 0.435 e. The van der Waals surface area contributed by atoms with E-state index < -0.39 is 6.61 Å². The molecule has 0 N–H and O–H groups in total. The number of carbonyl (C=O) groups is 2. The molecule has 1 heterocycles. The minimum Gasteiger partial charge on any atom is -0.435 e. The number of ether oxygens (including phenoxy) is 1. The number of carbonyl (C=O) groups excluding carboxylic acids is 2. The molecule has 2 aromatic rings. The van der Waals surface area contributed by atoms with Crippen molar-refractivity contribution in [1.29, 1.82) is 0 Å². The van der Waals surface area contributed by atoms with E-state index in [1.165, 1.54) is 22.0 Å². The number of hydrogen-bond donors (Lipinski definition) is 0. The summed E-state index contributed by atoms with van der Waals surface area (Å²) in [7, 11) is 1.64. The van der Waals surface area contributed by atoms with Gasteiger partial charge >= 0.3 is 6.61 Å². The molecule has 0 bridgehead atoms. The van der Waals surface area contributed by atoms with Crippen molar-refractivity contribution in [2.45, 2.75) is 32.4 Å². The topological polar surface area (TPSA) is 62.2 Å². The van der Waals surface area contributed by atoms with Gasteiger partial charge in [-0.25, -0.2) is 5.01 Å². The average Bonchev–Trinajstić information content (AvgIpc) is 3.24. The van der Waals surface area contributed by atoms with Crippen LogP contribution in [-0.2, 0) is 16.1 Å². The summed E-state index contributed by atoms with van der Waals surface area (Å²) in [4.78, 5) is 26.3. The van der Waals surface area contributed by atoms with Crippen LogP contribution in [0.25, 0.3) is 0 Å². The number of rotatable bonds is 8. The van der Waals surface area contributed by atoms with Crippen LogP contribution >= 0.6 is 0 Å². The molecule has 0 unspecified atom stereocenters. The molecule has 0 aromatic heterocycles. The van der Waals surface area contributed by atoms with Gasteiger partial charge in [0, 0.05) is 32.9 Å². The lowest BCUT2D eigenvalue weighted by Gasteiger charge is -2.18. The molecule has 1 aliphatic heterocycles. The van der Waals surface area contributed by atoms with Gasteiger partial charge in [-0.05, 0) is 23.3 Å². The summed E-state index contributed by atoms with van der Waals surface area (Å²) in [5.74, 6) is -0.298. The van der Waals surface area contributed by atoms with E-state index in [1.54, 1.807) is 19.2 Å². The first-order valence-corrected chi connectivity index (χ1v) is 9.63. The molecule has 0 fully saturated rings. The number of alkyl halides is 2. The molecule has 1 aliphatic rings. The molecule has 0 atom stereocenters. The number of hydrazone groups is 1. The standard InChI is InChI=1S/C22H23F2N3O3/c1-26(15-16-7-9-18(10-8-16)30-22(23)24)20(28)11-12-21(29)27-14-13-19(25-27)17-5-3-2-4-6-17/h2-10,22H,11-15H2,1H3. The number of amides is 2. The zero-order valence-corrected chi connectivity index (χ0v) is 16.6. The van der Waals surface area contributed by atoms with E-state index in [4.69, 9.17) is 0 Å². The zero-order chi connectivity index (χ0) is 21.5. The summed E-state index contributed by atoms with van der Waals surface area (Å²) in [5, 5.41) is 5.82. The van der Waals surface area contributed by atoms with E-state index in [9.17, 15) is 18.4 Å². The van der Waals surface area contributed by atoms with Crippen LogP contribution in [-0.4, -0.2) is 47.6 Å². The van der Waals surface area contributed by atoms with Crippen LogP contribution < -0.4 is 4.74 Å². The van der Waals surface area contributed by atoms with Crippen LogP contribution in [0.4, 0.5) is 8.78 Å². The summed E-state index contributed by atoms with van der Waals surface area (Å²) in [5.41, 5.74) is 2.63. The molecule has 0 spiro atoms. The highest BCUT2D eigenvalue weighted by atomic mass is 19.3. The van der Waals surface area contributed by atoms with Gasteiger partial charge in [0.2, 0.25) is 11.8 Å². The second-order valence-electron chi connectivity index (χ2n) is 6.95. The van der Waals surface area contributed by atoms with Crippen LogP contribution in [0.2, 0.25) is 0 Å². The molecule has 158 valence electrons. The molecular weight excluding hydrogens is 392 g/mol. The zero-order valence-electron chi connectivity index (χ0n) is 16.6. The second-order valence-corrected chi connectivity index (χ2v) is 6.95. The molecule has 0 saturated carbocycles. The van der Waals surface area contributed by atoms with Gasteiger partial charge in [0.25, 0.3) is 0 Å². The van der Waals surface area contributed by atoms with Crippen molar-refractivity contribution >= 4 is 17.5 Å². The van der Waals surface area contributed by atoms with Crippen molar-refractivity contribution in [3.8, 4) is 5.75 Å². The summed E-state index contributed by atoms with van der Waals surface area (Å²) in [6.07, 6.45) is 0.847. The highest BCUT2D eigenvalue weighted by Gasteiger charge is 2.22. The normalized spacial score (nSPS) is 13.3. The molecule has 0 radical (unpaired) electrons. The molecular formula is C22H23F2N3O3. The van der Waals surface area contributed by atoms with Crippen LogP contribution in [0.5, 0.6) is 5.75 Å². The van der Waals surface area contributed by atoms with Gasteiger partial charge in [0.05, 0.1) is 12.3 Å². The molecule has 8 heteroatoms. The van der Waals surface area contributed by atoms with Crippen molar-refractivity contribution in [3.05, 3.63) is 65.7 Å². The van der Waals surface area contributed by atoms with Crippen LogP contribution in [0, 0.1) is 0 Å². The Kier molecular flexibility index (Phi) is 7.11. The van der Waals surface area contributed by atoms with Crippen LogP contribution in [0.1, 0.15) is 30.4 Å². The fourth-order valence-corrected chi connectivity index (χ4v) is 3.14.